The van der Waals surface area contributed by atoms with Crippen molar-refractivity contribution in [3.63, 3.8) is 0 Å². The maximum absolute atomic E-state index is 11.7. The van der Waals surface area contributed by atoms with E-state index in [1.165, 1.54) is 0 Å². The predicted molar refractivity (Wildman–Crippen MR) is 49.9 cm³/mol. The summed E-state index contributed by atoms with van der Waals surface area (Å²) >= 11 is 0. The Hall–Kier alpha value is -1.47. The van der Waals surface area contributed by atoms with Gasteiger partial charge in [0.2, 0.25) is 11.8 Å². The Morgan fingerprint density at radius 1 is 1.19 bits per heavy atom. The van der Waals surface area contributed by atoms with Gasteiger partial charge in [0.25, 0.3) is 0 Å². The van der Waals surface area contributed by atoms with Crippen LogP contribution < -0.4 is 10.6 Å². The van der Waals surface area contributed by atoms with Gasteiger partial charge in [-0.25, -0.2) is 4.79 Å². The molecule has 7 heteroatoms. The fourth-order valence-corrected chi connectivity index (χ4v) is 2.33. The topological polar surface area (TPSA) is 116 Å². The molecule has 2 aliphatic rings. The van der Waals surface area contributed by atoms with E-state index in [9.17, 15) is 19.5 Å². The van der Waals surface area contributed by atoms with Crippen LogP contribution in [0, 0.1) is 11.3 Å². The lowest BCUT2D eigenvalue weighted by Gasteiger charge is -2.29. The number of rotatable bonds is 1. The van der Waals surface area contributed by atoms with E-state index in [4.69, 9.17) is 5.11 Å². The summed E-state index contributed by atoms with van der Waals surface area (Å²) in [7, 11) is 0. The van der Waals surface area contributed by atoms with E-state index >= 15 is 0 Å². The first kappa shape index (κ1) is 11.0. The first-order chi connectivity index (χ1) is 7.49. The zero-order valence-corrected chi connectivity index (χ0v) is 8.40. The van der Waals surface area contributed by atoms with Crippen molar-refractivity contribution in [2.45, 2.75) is 18.9 Å². The summed E-state index contributed by atoms with van der Waals surface area (Å²) in [5.41, 5.74) is -1.42. The molecule has 0 aromatic rings. The number of urea groups is 1. The number of carbonyl (C=O) groups excluding carboxylic acids is 3. The van der Waals surface area contributed by atoms with E-state index in [-0.39, 0.29) is 19.4 Å². The Morgan fingerprint density at radius 3 is 2.19 bits per heavy atom. The Bertz CT molecular complexity index is 347. The number of aliphatic hydroxyl groups is 2. The third-order valence-corrected chi connectivity index (χ3v) is 3.27. The summed E-state index contributed by atoms with van der Waals surface area (Å²) in [5, 5.41) is 22.6. The molecule has 7 nitrogen and oxygen atoms in total. The number of aliphatic hydroxyl groups excluding tert-OH is 2. The largest absolute Gasteiger partial charge is 0.396 e. The molecule has 2 atom stereocenters. The van der Waals surface area contributed by atoms with Gasteiger partial charge in [0.05, 0.1) is 6.10 Å². The molecule has 0 aromatic heterocycles. The molecule has 4 amide bonds. The highest BCUT2D eigenvalue weighted by molar-refractivity contribution is 6.19. The third-order valence-electron chi connectivity index (χ3n) is 3.27. The Balaban J connectivity index is 2.28. The average Bonchev–Trinajstić information content (AvgIpc) is 2.54. The van der Waals surface area contributed by atoms with Gasteiger partial charge in [0.1, 0.15) is 5.41 Å². The van der Waals surface area contributed by atoms with Gasteiger partial charge < -0.3 is 10.2 Å². The first-order valence-corrected chi connectivity index (χ1v) is 4.95. The van der Waals surface area contributed by atoms with Crippen molar-refractivity contribution in [1.82, 2.24) is 10.6 Å². The molecular formula is C9H12N2O5. The quantitative estimate of drug-likeness (QED) is 0.391. The number of hydrogen-bond acceptors (Lipinski definition) is 5. The van der Waals surface area contributed by atoms with Crippen molar-refractivity contribution in [1.29, 1.82) is 0 Å². The molecular weight excluding hydrogens is 216 g/mol. The van der Waals surface area contributed by atoms with Crippen molar-refractivity contribution >= 4 is 17.8 Å². The molecule has 1 spiro atoms. The molecule has 1 aliphatic carbocycles. The molecule has 16 heavy (non-hydrogen) atoms. The fraction of sp³-hybridized carbons (Fsp3) is 0.667. The minimum absolute atomic E-state index is 0.0512. The Morgan fingerprint density at radius 2 is 1.75 bits per heavy atom. The van der Waals surface area contributed by atoms with Gasteiger partial charge in [-0.1, -0.05) is 0 Å². The van der Waals surface area contributed by atoms with Gasteiger partial charge in [-0.2, -0.15) is 0 Å². The lowest BCUT2D eigenvalue weighted by Crippen LogP contribution is -2.61. The van der Waals surface area contributed by atoms with Gasteiger partial charge in [0.15, 0.2) is 0 Å². The molecule has 1 saturated carbocycles. The van der Waals surface area contributed by atoms with Gasteiger partial charge in [-0.05, 0) is 12.8 Å². The molecule has 4 N–H and O–H groups in total. The molecule has 0 aromatic carbocycles. The maximum atomic E-state index is 11.7. The van der Waals surface area contributed by atoms with Crippen LogP contribution in [-0.2, 0) is 9.59 Å². The standard InChI is InChI=1S/C9H12N2O5/c12-3-4-1-9(2-5(4)13)6(14)10-8(16)11-7(9)15/h4-5,12-13H,1-3H2,(H2,10,11,14,15,16)/t4-,5?/m1/s1. The molecule has 1 saturated heterocycles. The van der Waals surface area contributed by atoms with Gasteiger partial charge >= 0.3 is 6.03 Å². The summed E-state index contributed by atoms with van der Waals surface area (Å²) in [6.07, 6.45) is -0.923. The molecule has 0 radical (unpaired) electrons. The monoisotopic (exact) mass is 228 g/mol. The van der Waals surface area contributed by atoms with Gasteiger partial charge in [-0.15, -0.1) is 0 Å². The second kappa shape index (κ2) is 3.53. The van der Waals surface area contributed by atoms with Crippen LogP contribution in [-0.4, -0.2) is 40.8 Å². The van der Waals surface area contributed by atoms with Crippen molar-refractivity contribution in [3.8, 4) is 0 Å². The highest BCUT2D eigenvalue weighted by atomic mass is 16.3. The second-order valence-corrected chi connectivity index (χ2v) is 4.24. The summed E-state index contributed by atoms with van der Waals surface area (Å²) in [5.74, 6) is -1.91. The van der Waals surface area contributed by atoms with Crippen LogP contribution in [0.5, 0.6) is 0 Å². The molecule has 2 rings (SSSR count). The zero-order valence-electron chi connectivity index (χ0n) is 8.40. The number of barbiturate groups is 1. The van der Waals surface area contributed by atoms with Crippen LogP contribution in [0.1, 0.15) is 12.8 Å². The molecule has 0 bridgehead atoms. The van der Waals surface area contributed by atoms with Crippen molar-refractivity contribution in [2.24, 2.45) is 11.3 Å². The fourth-order valence-electron chi connectivity index (χ4n) is 2.33. The predicted octanol–water partition coefficient (Wildman–Crippen LogP) is -1.90. The van der Waals surface area contributed by atoms with Crippen LogP contribution in [0.4, 0.5) is 4.79 Å². The van der Waals surface area contributed by atoms with E-state index in [0.29, 0.717) is 0 Å². The molecule has 1 heterocycles. The van der Waals surface area contributed by atoms with Crippen molar-refractivity contribution in [2.75, 3.05) is 6.61 Å². The number of hydrogen-bond donors (Lipinski definition) is 4. The van der Waals surface area contributed by atoms with Crippen LogP contribution in [0.25, 0.3) is 0 Å². The lowest BCUT2D eigenvalue weighted by molar-refractivity contribution is -0.144. The van der Waals surface area contributed by atoms with Crippen LogP contribution >= 0.6 is 0 Å². The van der Waals surface area contributed by atoms with E-state index in [1.54, 1.807) is 0 Å². The molecule has 1 aliphatic heterocycles. The average molecular weight is 228 g/mol. The van der Waals surface area contributed by atoms with Crippen LogP contribution in [0.3, 0.4) is 0 Å². The number of carbonyl (C=O) groups is 3. The van der Waals surface area contributed by atoms with Crippen LogP contribution in [0.2, 0.25) is 0 Å². The molecule has 2 fully saturated rings. The SMILES string of the molecule is O=C1NC(=O)C2(CC(O)[C@@H](CO)C2)C(=O)N1. The Kier molecular flexibility index (Phi) is 2.43. The van der Waals surface area contributed by atoms with Gasteiger partial charge in [0, 0.05) is 12.5 Å². The Labute approximate surface area is 90.8 Å². The maximum Gasteiger partial charge on any atom is 0.328 e. The van der Waals surface area contributed by atoms with Crippen LogP contribution in [0.15, 0.2) is 0 Å². The van der Waals surface area contributed by atoms with E-state index in [1.807, 2.05) is 10.6 Å². The van der Waals surface area contributed by atoms with E-state index in [2.05, 4.69) is 0 Å². The number of amides is 4. The second-order valence-electron chi connectivity index (χ2n) is 4.24. The molecule has 1 unspecified atom stereocenters. The van der Waals surface area contributed by atoms with Crippen molar-refractivity contribution in [3.05, 3.63) is 0 Å². The lowest BCUT2D eigenvalue weighted by atomic mass is 9.82. The summed E-state index contributed by atoms with van der Waals surface area (Å²) in [4.78, 5) is 34.2. The summed E-state index contributed by atoms with van der Waals surface area (Å²) < 4.78 is 0. The summed E-state index contributed by atoms with van der Waals surface area (Å²) in [6, 6.07) is -0.845. The summed E-state index contributed by atoms with van der Waals surface area (Å²) in [6.45, 7) is -0.294. The first-order valence-electron chi connectivity index (χ1n) is 4.95. The van der Waals surface area contributed by atoms with Gasteiger partial charge in [-0.3, -0.25) is 20.2 Å². The third kappa shape index (κ3) is 1.40. The minimum Gasteiger partial charge on any atom is -0.396 e. The highest BCUT2D eigenvalue weighted by Gasteiger charge is 2.57. The van der Waals surface area contributed by atoms with E-state index < -0.39 is 35.3 Å². The molecule has 88 valence electrons. The normalized spacial score (nSPS) is 32.8. The minimum atomic E-state index is -1.42. The zero-order chi connectivity index (χ0) is 11.9. The van der Waals surface area contributed by atoms with E-state index in [0.717, 1.165) is 0 Å². The van der Waals surface area contributed by atoms with Crippen molar-refractivity contribution < 1.29 is 24.6 Å². The number of nitrogens with one attached hydrogen (secondary N) is 2. The number of imide groups is 2. The highest BCUT2D eigenvalue weighted by Crippen LogP contribution is 2.43. The smallest absolute Gasteiger partial charge is 0.328 e.